The molecule has 244 valence electrons. The molecule has 0 heterocycles. The first kappa shape index (κ1) is 39.9. The quantitative estimate of drug-likeness (QED) is 0.0650. The molecule has 0 spiro atoms. The maximum atomic E-state index is 12.1. The first-order valence-electron chi connectivity index (χ1n) is 17.8. The lowest BCUT2D eigenvalue weighted by atomic mass is 9.99. The normalized spacial score (nSPS) is 12.9. The summed E-state index contributed by atoms with van der Waals surface area (Å²) in [5.41, 5.74) is 0. The average Bonchev–Trinajstić information content (AvgIpc) is 2.95. The fourth-order valence-corrected chi connectivity index (χ4v) is 5.24. The molecule has 2 atom stereocenters. The Labute approximate surface area is 255 Å². The molecule has 5 nitrogen and oxygen atoms in total. The van der Waals surface area contributed by atoms with Crippen LogP contribution in [-0.2, 0) is 19.1 Å². The van der Waals surface area contributed by atoms with Crippen LogP contribution in [0.3, 0.4) is 0 Å². The van der Waals surface area contributed by atoms with E-state index in [1.165, 1.54) is 109 Å². The zero-order valence-corrected chi connectivity index (χ0v) is 27.9. The molecule has 0 radical (unpaired) electrons. The number of esters is 2. The average molecular weight is 583 g/mol. The smallest absolute Gasteiger partial charge is 0.306 e. The van der Waals surface area contributed by atoms with Crippen molar-refractivity contribution in [2.24, 2.45) is 11.8 Å². The summed E-state index contributed by atoms with van der Waals surface area (Å²) in [5, 5.41) is 9.51. The minimum atomic E-state index is -0.762. The molecule has 5 heteroatoms. The van der Waals surface area contributed by atoms with Gasteiger partial charge in [-0.15, -0.1) is 0 Å². The number of rotatable bonds is 31. The van der Waals surface area contributed by atoms with Crippen molar-refractivity contribution < 1.29 is 24.2 Å². The second-order valence-electron chi connectivity index (χ2n) is 13.0. The fourth-order valence-electron chi connectivity index (χ4n) is 5.24. The summed E-state index contributed by atoms with van der Waals surface area (Å²) in [6.45, 7) is 8.83. The van der Waals surface area contributed by atoms with Crippen LogP contribution < -0.4 is 0 Å². The molecule has 0 saturated heterocycles. The summed E-state index contributed by atoms with van der Waals surface area (Å²) in [6, 6.07) is 0. The van der Waals surface area contributed by atoms with E-state index in [0.717, 1.165) is 50.4 Å². The lowest BCUT2D eigenvalue weighted by molar-refractivity contribution is -0.161. The van der Waals surface area contributed by atoms with Gasteiger partial charge in [0, 0.05) is 12.8 Å². The molecule has 0 aliphatic heterocycles. The van der Waals surface area contributed by atoms with Gasteiger partial charge < -0.3 is 14.6 Å². The van der Waals surface area contributed by atoms with Crippen LogP contribution in [0.1, 0.15) is 188 Å². The van der Waals surface area contributed by atoms with Gasteiger partial charge in [0.1, 0.15) is 6.61 Å². The molecular weight excluding hydrogens is 512 g/mol. The van der Waals surface area contributed by atoms with Crippen molar-refractivity contribution >= 4 is 11.9 Å². The van der Waals surface area contributed by atoms with Crippen LogP contribution in [0, 0.1) is 11.8 Å². The highest BCUT2D eigenvalue weighted by atomic mass is 16.6. The van der Waals surface area contributed by atoms with E-state index in [2.05, 4.69) is 27.7 Å². The van der Waals surface area contributed by atoms with E-state index in [9.17, 15) is 14.7 Å². The number of unbranched alkanes of at least 4 members (excludes halogenated alkanes) is 18. The second-order valence-corrected chi connectivity index (χ2v) is 13.0. The van der Waals surface area contributed by atoms with Crippen LogP contribution in [0.5, 0.6) is 0 Å². The van der Waals surface area contributed by atoms with E-state index >= 15 is 0 Å². The van der Waals surface area contributed by atoms with Crippen LogP contribution in [0.15, 0.2) is 0 Å². The molecular formula is C36H70O5. The van der Waals surface area contributed by atoms with E-state index in [1.807, 2.05) is 0 Å². The first-order chi connectivity index (χ1) is 19.9. The van der Waals surface area contributed by atoms with Crippen molar-refractivity contribution in [1.29, 1.82) is 0 Å². The van der Waals surface area contributed by atoms with Gasteiger partial charge in [0.2, 0.25) is 0 Å². The van der Waals surface area contributed by atoms with Gasteiger partial charge in [-0.1, -0.05) is 163 Å². The topological polar surface area (TPSA) is 72.8 Å². The van der Waals surface area contributed by atoms with Crippen molar-refractivity contribution in [3.8, 4) is 0 Å². The van der Waals surface area contributed by atoms with Gasteiger partial charge in [-0.2, -0.15) is 0 Å². The van der Waals surface area contributed by atoms with Crippen LogP contribution in [-0.4, -0.2) is 36.4 Å². The lowest BCUT2D eigenvalue weighted by Gasteiger charge is -2.15. The Morgan fingerprint density at radius 2 is 0.951 bits per heavy atom. The lowest BCUT2D eigenvalue weighted by Crippen LogP contribution is -2.28. The zero-order chi connectivity index (χ0) is 30.4. The molecule has 1 N–H and O–H groups in total. The number of aliphatic hydroxyl groups excluding tert-OH is 1. The van der Waals surface area contributed by atoms with Gasteiger partial charge in [-0.3, -0.25) is 9.59 Å². The highest BCUT2D eigenvalue weighted by Crippen LogP contribution is 2.16. The molecule has 0 amide bonds. The van der Waals surface area contributed by atoms with Crippen molar-refractivity contribution in [3.05, 3.63) is 0 Å². The molecule has 1 unspecified atom stereocenters. The summed E-state index contributed by atoms with van der Waals surface area (Å²) < 4.78 is 10.6. The van der Waals surface area contributed by atoms with E-state index in [0.29, 0.717) is 12.8 Å². The third kappa shape index (κ3) is 30.2. The van der Waals surface area contributed by atoms with Gasteiger partial charge in [-0.05, 0) is 24.7 Å². The fraction of sp³-hybridized carbons (Fsp3) is 0.944. The SMILES string of the molecule is CCC(C)CCCCCCCCCCC(=O)O[C@@H](CO)COC(=O)CCCCCCCCCCCCCCC(C)C. The number of carbonyl (C=O) groups is 2. The largest absolute Gasteiger partial charge is 0.462 e. The molecule has 0 aliphatic rings. The Morgan fingerprint density at radius 3 is 1.37 bits per heavy atom. The minimum Gasteiger partial charge on any atom is -0.462 e. The van der Waals surface area contributed by atoms with Crippen LogP contribution in [0.2, 0.25) is 0 Å². The van der Waals surface area contributed by atoms with Crippen LogP contribution >= 0.6 is 0 Å². The molecule has 41 heavy (non-hydrogen) atoms. The van der Waals surface area contributed by atoms with E-state index in [1.54, 1.807) is 0 Å². The Morgan fingerprint density at radius 1 is 0.561 bits per heavy atom. The van der Waals surface area contributed by atoms with Crippen molar-refractivity contribution in [2.45, 2.75) is 194 Å². The Hall–Kier alpha value is -1.10. The number of carbonyl (C=O) groups excluding carboxylic acids is 2. The predicted molar refractivity (Wildman–Crippen MR) is 173 cm³/mol. The van der Waals surface area contributed by atoms with Gasteiger partial charge in [0.05, 0.1) is 6.61 Å². The predicted octanol–water partition coefficient (Wildman–Crippen LogP) is 10.5. The summed E-state index contributed by atoms with van der Waals surface area (Å²) >= 11 is 0. The number of hydrogen-bond donors (Lipinski definition) is 1. The maximum absolute atomic E-state index is 12.1. The Balaban J connectivity index is 3.54. The van der Waals surface area contributed by atoms with E-state index in [-0.39, 0.29) is 25.2 Å². The van der Waals surface area contributed by atoms with Crippen LogP contribution in [0.25, 0.3) is 0 Å². The summed E-state index contributed by atoms with van der Waals surface area (Å²) in [6.07, 6.45) is 28.7. The first-order valence-corrected chi connectivity index (χ1v) is 17.8. The molecule has 0 saturated carbocycles. The van der Waals surface area contributed by atoms with E-state index < -0.39 is 6.10 Å². The Kier molecular flexibility index (Phi) is 29.5. The minimum absolute atomic E-state index is 0.0597. The summed E-state index contributed by atoms with van der Waals surface area (Å²) in [4.78, 5) is 24.1. The molecule has 0 aromatic carbocycles. The highest BCUT2D eigenvalue weighted by Gasteiger charge is 2.16. The summed E-state index contributed by atoms with van der Waals surface area (Å²) in [5.74, 6) is 1.11. The van der Waals surface area contributed by atoms with Crippen LogP contribution in [0.4, 0.5) is 0 Å². The summed E-state index contributed by atoms with van der Waals surface area (Å²) in [7, 11) is 0. The molecule has 0 aromatic heterocycles. The monoisotopic (exact) mass is 583 g/mol. The zero-order valence-electron chi connectivity index (χ0n) is 27.9. The van der Waals surface area contributed by atoms with Gasteiger partial charge in [0.15, 0.2) is 6.10 Å². The van der Waals surface area contributed by atoms with Gasteiger partial charge in [0.25, 0.3) is 0 Å². The van der Waals surface area contributed by atoms with Gasteiger partial charge >= 0.3 is 11.9 Å². The van der Waals surface area contributed by atoms with Crippen molar-refractivity contribution in [2.75, 3.05) is 13.2 Å². The van der Waals surface area contributed by atoms with Crippen molar-refractivity contribution in [1.82, 2.24) is 0 Å². The van der Waals surface area contributed by atoms with E-state index in [4.69, 9.17) is 9.47 Å². The number of aliphatic hydroxyl groups is 1. The molecule has 0 aromatic rings. The highest BCUT2D eigenvalue weighted by molar-refractivity contribution is 5.70. The third-order valence-corrected chi connectivity index (χ3v) is 8.37. The van der Waals surface area contributed by atoms with Gasteiger partial charge in [-0.25, -0.2) is 0 Å². The molecule has 0 fully saturated rings. The number of hydrogen-bond acceptors (Lipinski definition) is 5. The third-order valence-electron chi connectivity index (χ3n) is 8.37. The maximum Gasteiger partial charge on any atom is 0.306 e. The molecule has 0 rings (SSSR count). The standard InChI is InChI=1S/C36H70O5/c1-5-33(4)27-23-19-15-12-13-17-21-25-29-36(39)41-34(30-37)31-40-35(38)28-24-20-16-11-9-7-6-8-10-14-18-22-26-32(2)3/h32-34,37H,5-31H2,1-4H3/t33?,34-/m0/s1. The number of ether oxygens (including phenoxy) is 2. The Bertz CT molecular complexity index is 576. The van der Waals surface area contributed by atoms with Crippen molar-refractivity contribution in [3.63, 3.8) is 0 Å². The second kappa shape index (κ2) is 30.4. The molecule has 0 bridgehead atoms. The molecule has 0 aliphatic carbocycles.